The minimum atomic E-state index is -0.728. The first-order valence-corrected chi connectivity index (χ1v) is 8.15. The zero-order valence-corrected chi connectivity index (χ0v) is 14.7. The number of nitrogens with one attached hydrogen (secondary N) is 1. The number of hydrogen-bond acceptors (Lipinski definition) is 5. The fourth-order valence-electron chi connectivity index (χ4n) is 2.85. The number of benzene rings is 1. The van der Waals surface area contributed by atoms with Crippen molar-refractivity contribution in [2.45, 2.75) is 40.2 Å². The highest BCUT2D eigenvalue weighted by Crippen LogP contribution is 2.19. The molecule has 2 aromatic heterocycles. The number of aromatic nitrogens is 3. The van der Waals surface area contributed by atoms with Crippen LogP contribution in [0.5, 0.6) is 0 Å². The minimum absolute atomic E-state index is 0.201. The van der Waals surface area contributed by atoms with Crippen LogP contribution in [0.25, 0.3) is 10.9 Å². The number of nitrogens with zero attached hydrogens (tertiary/aromatic N) is 3. The van der Waals surface area contributed by atoms with Gasteiger partial charge < -0.3 is 9.84 Å². The molecular weight excluding hydrogens is 320 g/mol. The molecule has 0 aliphatic heterocycles. The van der Waals surface area contributed by atoms with Crippen LogP contribution in [0.3, 0.4) is 0 Å². The van der Waals surface area contributed by atoms with E-state index in [0.29, 0.717) is 28.9 Å². The predicted molar refractivity (Wildman–Crippen MR) is 94.7 cm³/mol. The molecule has 1 atom stereocenters. The Labute approximate surface area is 144 Å². The molecule has 0 unspecified atom stereocenters. The quantitative estimate of drug-likeness (QED) is 0.788. The highest BCUT2D eigenvalue weighted by Gasteiger charge is 2.24. The second-order valence-electron chi connectivity index (χ2n) is 6.08. The number of aryl methyl sites for hydroxylation is 3. The second kappa shape index (κ2) is 6.51. The van der Waals surface area contributed by atoms with Gasteiger partial charge in [0.2, 0.25) is 5.91 Å². The highest BCUT2D eigenvalue weighted by molar-refractivity contribution is 5.93. The van der Waals surface area contributed by atoms with Gasteiger partial charge in [0.15, 0.2) is 5.52 Å². The Morgan fingerprint density at radius 2 is 1.92 bits per heavy atom. The van der Waals surface area contributed by atoms with Crippen molar-refractivity contribution in [2.75, 3.05) is 5.32 Å². The summed E-state index contributed by atoms with van der Waals surface area (Å²) in [5.74, 6) is 0.251. The van der Waals surface area contributed by atoms with Crippen molar-refractivity contribution in [3.05, 3.63) is 51.6 Å². The number of carbonyl (C=O) groups is 1. The molecule has 3 aromatic rings. The lowest BCUT2D eigenvalue weighted by Crippen LogP contribution is -2.35. The molecule has 130 valence electrons. The topological polar surface area (TPSA) is 90.0 Å². The molecule has 7 heteroatoms. The molecule has 0 aliphatic carbocycles. The van der Waals surface area contributed by atoms with Gasteiger partial charge in [-0.05, 0) is 39.3 Å². The van der Waals surface area contributed by atoms with Gasteiger partial charge in [0, 0.05) is 5.69 Å². The molecule has 1 amide bonds. The first kappa shape index (κ1) is 16.9. The minimum Gasteiger partial charge on any atom is -0.360 e. The lowest BCUT2D eigenvalue weighted by atomic mass is 10.1. The first-order chi connectivity index (χ1) is 11.9. The third kappa shape index (κ3) is 3.05. The average molecular weight is 340 g/mol. The summed E-state index contributed by atoms with van der Waals surface area (Å²) < 4.78 is 6.31. The maximum Gasteiger partial charge on any atom is 0.297 e. The Balaban J connectivity index is 1.99. The van der Waals surface area contributed by atoms with Gasteiger partial charge >= 0.3 is 0 Å². The van der Waals surface area contributed by atoms with E-state index in [2.05, 4.69) is 15.6 Å². The van der Waals surface area contributed by atoms with Crippen LogP contribution in [0.2, 0.25) is 0 Å². The Morgan fingerprint density at radius 3 is 2.56 bits per heavy atom. The smallest absolute Gasteiger partial charge is 0.297 e. The van der Waals surface area contributed by atoms with E-state index in [0.717, 1.165) is 5.56 Å². The van der Waals surface area contributed by atoms with E-state index >= 15 is 0 Å². The molecule has 0 bridgehead atoms. The number of carbonyl (C=O) groups excluding carboxylic acids is 1. The Hall–Kier alpha value is -2.96. The van der Waals surface area contributed by atoms with E-state index in [1.165, 1.54) is 4.68 Å². The average Bonchev–Trinajstić information content (AvgIpc) is 2.97. The fourth-order valence-corrected chi connectivity index (χ4v) is 2.85. The lowest BCUT2D eigenvalue weighted by Gasteiger charge is -2.17. The molecule has 0 radical (unpaired) electrons. The summed E-state index contributed by atoms with van der Waals surface area (Å²) in [6.45, 7) is 7.31. The Kier molecular flexibility index (Phi) is 4.39. The summed E-state index contributed by atoms with van der Waals surface area (Å²) in [4.78, 5) is 25.4. The van der Waals surface area contributed by atoms with Crippen LogP contribution in [-0.4, -0.2) is 20.8 Å². The van der Waals surface area contributed by atoms with Crippen molar-refractivity contribution in [3.8, 4) is 0 Å². The van der Waals surface area contributed by atoms with E-state index in [1.807, 2.05) is 38.1 Å². The molecule has 2 heterocycles. The number of fused-ring (bicyclic) bond motifs is 1. The number of anilines is 1. The molecule has 1 N–H and O–H groups in total. The normalized spacial score (nSPS) is 12.3. The van der Waals surface area contributed by atoms with Gasteiger partial charge in [-0.1, -0.05) is 29.8 Å². The molecule has 0 saturated carbocycles. The van der Waals surface area contributed by atoms with Crippen molar-refractivity contribution in [3.63, 3.8) is 0 Å². The molecule has 1 aromatic carbocycles. The molecule has 0 saturated heterocycles. The summed E-state index contributed by atoms with van der Waals surface area (Å²) >= 11 is 0. The second-order valence-corrected chi connectivity index (χ2v) is 6.08. The van der Waals surface area contributed by atoms with Gasteiger partial charge in [0.05, 0.1) is 11.1 Å². The van der Waals surface area contributed by atoms with Crippen molar-refractivity contribution in [1.29, 1.82) is 0 Å². The SMILES string of the molecule is CC[C@@H](C(=O)Nc1ccc(C)cc1)n1nc(C)c2c(C)onc2c1=O. The van der Waals surface area contributed by atoms with Crippen molar-refractivity contribution in [2.24, 2.45) is 0 Å². The Bertz CT molecular complexity index is 986. The van der Waals surface area contributed by atoms with Crippen molar-refractivity contribution >= 4 is 22.5 Å². The van der Waals surface area contributed by atoms with Crippen LogP contribution < -0.4 is 10.9 Å². The van der Waals surface area contributed by atoms with Gasteiger partial charge in [0.1, 0.15) is 11.8 Å². The molecule has 0 spiro atoms. The van der Waals surface area contributed by atoms with Crippen molar-refractivity contribution < 1.29 is 9.32 Å². The van der Waals surface area contributed by atoms with Gasteiger partial charge in [-0.2, -0.15) is 5.10 Å². The van der Waals surface area contributed by atoms with E-state index in [9.17, 15) is 9.59 Å². The molecule has 25 heavy (non-hydrogen) atoms. The summed E-state index contributed by atoms with van der Waals surface area (Å²) in [7, 11) is 0. The lowest BCUT2D eigenvalue weighted by molar-refractivity contribution is -0.119. The van der Waals surface area contributed by atoms with Crippen molar-refractivity contribution in [1.82, 2.24) is 14.9 Å². The van der Waals surface area contributed by atoms with E-state index in [1.54, 1.807) is 13.8 Å². The molecule has 3 rings (SSSR count). The van der Waals surface area contributed by atoms with Crippen LogP contribution in [0.4, 0.5) is 5.69 Å². The van der Waals surface area contributed by atoms with Crippen LogP contribution in [0, 0.1) is 20.8 Å². The third-order valence-corrected chi connectivity index (χ3v) is 4.20. The molecule has 0 fully saturated rings. The summed E-state index contributed by atoms with van der Waals surface area (Å²) in [5.41, 5.74) is 2.16. The standard InChI is InChI=1S/C18H20N4O3/c1-5-14(17(23)19-13-8-6-10(2)7-9-13)22-18(24)16-15(11(3)20-22)12(4)25-21-16/h6-9,14H,5H2,1-4H3,(H,19,23)/t14-/m0/s1. The van der Waals surface area contributed by atoms with Gasteiger partial charge in [-0.25, -0.2) is 4.68 Å². The van der Waals surface area contributed by atoms with Crippen LogP contribution in [0.1, 0.15) is 36.4 Å². The van der Waals surface area contributed by atoms with Crippen LogP contribution in [0.15, 0.2) is 33.6 Å². The zero-order valence-electron chi connectivity index (χ0n) is 14.7. The summed E-state index contributed by atoms with van der Waals surface area (Å²) in [6, 6.07) is 6.75. The van der Waals surface area contributed by atoms with Gasteiger partial charge in [-0.3, -0.25) is 9.59 Å². The van der Waals surface area contributed by atoms with E-state index in [-0.39, 0.29) is 11.4 Å². The van der Waals surface area contributed by atoms with Gasteiger partial charge in [-0.15, -0.1) is 0 Å². The monoisotopic (exact) mass is 340 g/mol. The Morgan fingerprint density at radius 1 is 1.24 bits per heavy atom. The van der Waals surface area contributed by atoms with Crippen LogP contribution in [-0.2, 0) is 4.79 Å². The summed E-state index contributed by atoms with van der Waals surface area (Å²) in [6.07, 6.45) is 0.423. The number of hydrogen-bond donors (Lipinski definition) is 1. The molecule has 0 aliphatic rings. The largest absolute Gasteiger partial charge is 0.360 e. The molecular formula is C18H20N4O3. The van der Waals surface area contributed by atoms with Crippen LogP contribution >= 0.6 is 0 Å². The molecule has 7 nitrogen and oxygen atoms in total. The number of rotatable bonds is 4. The van der Waals surface area contributed by atoms with Gasteiger partial charge in [0.25, 0.3) is 5.56 Å². The summed E-state index contributed by atoms with van der Waals surface area (Å²) in [5, 5.41) is 11.6. The van der Waals surface area contributed by atoms with E-state index < -0.39 is 11.6 Å². The highest BCUT2D eigenvalue weighted by atomic mass is 16.5. The third-order valence-electron chi connectivity index (χ3n) is 4.20. The predicted octanol–water partition coefficient (Wildman–Crippen LogP) is 2.90. The van der Waals surface area contributed by atoms with E-state index in [4.69, 9.17) is 4.52 Å². The fraction of sp³-hybridized carbons (Fsp3) is 0.333. The number of amides is 1. The maximum atomic E-state index is 12.7. The first-order valence-electron chi connectivity index (χ1n) is 8.15. The zero-order chi connectivity index (χ0) is 18.1. The maximum absolute atomic E-state index is 12.7.